The van der Waals surface area contributed by atoms with Gasteiger partial charge in [-0.25, -0.2) is 12.8 Å². The highest BCUT2D eigenvalue weighted by Crippen LogP contribution is 2.27. The lowest BCUT2D eigenvalue weighted by Gasteiger charge is -2.19. The van der Waals surface area contributed by atoms with Gasteiger partial charge in [-0.2, -0.15) is 4.31 Å². The van der Waals surface area contributed by atoms with Crippen LogP contribution in [0.25, 0.3) is 0 Å². The average molecular weight is 339 g/mol. The smallest absolute Gasteiger partial charge is 0.246 e. The number of nitrogens with zero attached hydrogens (tertiary/aromatic N) is 1. The normalized spacial score (nSPS) is 11.5. The molecule has 2 rings (SSSR count). The monoisotopic (exact) mass is 339 g/mol. The Morgan fingerprint density at radius 2 is 1.70 bits per heavy atom. The number of benzene rings is 2. The molecule has 0 N–H and O–H groups in total. The highest BCUT2D eigenvalue weighted by atomic mass is 32.2. The van der Waals surface area contributed by atoms with Crippen molar-refractivity contribution in [1.82, 2.24) is 4.31 Å². The van der Waals surface area contributed by atoms with Crippen molar-refractivity contribution in [2.45, 2.75) is 11.4 Å². The number of methoxy groups -OCH3 is 2. The lowest BCUT2D eigenvalue weighted by Crippen LogP contribution is -2.27. The summed E-state index contributed by atoms with van der Waals surface area (Å²) < 4.78 is 50.1. The molecule has 23 heavy (non-hydrogen) atoms. The van der Waals surface area contributed by atoms with E-state index in [1.165, 1.54) is 39.5 Å². The molecule has 0 spiro atoms. The second-order valence-corrected chi connectivity index (χ2v) is 6.89. The second-order valence-electron chi connectivity index (χ2n) is 4.88. The lowest BCUT2D eigenvalue weighted by atomic mass is 10.2. The van der Waals surface area contributed by atoms with Crippen molar-refractivity contribution >= 4 is 10.0 Å². The minimum atomic E-state index is -3.75. The van der Waals surface area contributed by atoms with Crippen LogP contribution >= 0.6 is 0 Å². The lowest BCUT2D eigenvalue weighted by molar-refractivity contribution is 0.385. The maximum atomic E-state index is 13.7. The van der Waals surface area contributed by atoms with E-state index >= 15 is 0 Å². The summed E-state index contributed by atoms with van der Waals surface area (Å²) in [5.41, 5.74) is 0.518. The molecule has 5 nitrogen and oxygen atoms in total. The molecule has 0 fully saturated rings. The third-order valence-corrected chi connectivity index (χ3v) is 5.22. The van der Waals surface area contributed by atoms with Gasteiger partial charge in [-0.05, 0) is 29.8 Å². The summed E-state index contributed by atoms with van der Waals surface area (Å²) >= 11 is 0. The van der Waals surface area contributed by atoms with Crippen LogP contribution in [-0.4, -0.2) is 34.0 Å². The predicted molar refractivity (Wildman–Crippen MR) is 84.6 cm³/mol. The van der Waals surface area contributed by atoms with Crippen LogP contribution in [0.4, 0.5) is 4.39 Å². The first-order chi connectivity index (χ1) is 10.9. The van der Waals surface area contributed by atoms with Crippen molar-refractivity contribution < 1.29 is 22.3 Å². The molecule has 124 valence electrons. The molecule has 0 radical (unpaired) electrons. The molecule has 7 heteroatoms. The number of hydrogen-bond donors (Lipinski definition) is 0. The average Bonchev–Trinajstić information content (AvgIpc) is 2.54. The minimum Gasteiger partial charge on any atom is -0.495 e. The SMILES string of the molecule is COc1ccc(CN(C)S(=O)(=O)c2ccccc2OC)cc1F. The van der Waals surface area contributed by atoms with E-state index in [-0.39, 0.29) is 22.9 Å². The van der Waals surface area contributed by atoms with Crippen LogP contribution in [0.2, 0.25) is 0 Å². The molecule has 0 unspecified atom stereocenters. The van der Waals surface area contributed by atoms with Gasteiger partial charge in [0.05, 0.1) is 14.2 Å². The van der Waals surface area contributed by atoms with Gasteiger partial charge in [0.2, 0.25) is 10.0 Å². The fourth-order valence-electron chi connectivity index (χ4n) is 2.15. The summed E-state index contributed by atoms with van der Waals surface area (Å²) in [4.78, 5) is 0.0685. The van der Waals surface area contributed by atoms with E-state index in [2.05, 4.69) is 0 Å². The van der Waals surface area contributed by atoms with E-state index < -0.39 is 15.8 Å². The van der Waals surface area contributed by atoms with Crippen molar-refractivity contribution in [1.29, 1.82) is 0 Å². The van der Waals surface area contributed by atoms with E-state index in [1.54, 1.807) is 24.3 Å². The molecular weight excluding hydrogens is 321 g/mol. The van der Waals surface area contributed by atoms with Crippen LogP contribution in [0.15, 0.2) is 47.4 Å². The first-order valence-electron chi connectivity index (χ1n) is 6.82. The summed E-state index contributed by atoms with van der Waals surface area (Å²) in [7, 11) is 0.462. The van der Waals surface area contributed by atoms with Crippen LogP contribution in [0.1, 0.15) is 5.56 Å². The summed E-state index contributed by atoms with van der Waals surface area (Å²) in [5.74, 6) is -0.155. The van der Waals surface area contributed by atoms with Crippen LogP contribution in [0.3, 0.4) is 0 Å². The van der Waals surface area contributed by atoms with Crippen LogP contribution in [0.5, 0.6) is 11.5 Å². The molecule has 0 aliphatic heterocycles. The molecule has 2 aromatic rings. The zero-order valence-electron chi connectivity index (χ0n) is 13.1. The van der Waals surface area contributed by atoms with Gasteiger partial charge >= 0.3 is 0 Å². The first-order valence-corrected chi connectivity index (χ1v) is 8.26. The van der Waals surface area contributed by atoms with Crippen molar-refractivity contribution in [3.63, 3.8) is 0 Å². The topological polar surface area (TPSA) is 55.8 Å². The van der Waals surface area contributed by atoms with Crippen molar-refractivity contribution in [2.24, 2.45) is 0 Å². The third kappa shape index (κ3) is 3.62. The number of sulfonamides is 1. The van der Waals surface area contributed by atoms with E-state index in [1.807, 2.05) is 0 Å². The molecule has 0 aliphatic rings. The van der Waals surface area contributed by atoms with Gasteiger partial charge in [-0.15, -0.1) is 0 Å². The largest absolute Gasteiger partial charge is 0.495 e. The van der Waals surface area contributed by atoms with E-state index in [9.17, 15) is 12.8 Å². The fourth-order valence-corrected chi connectivity index (χ4v) is 3.46. The van der Waals surface area contributed by atoms with Crippen molar-refractivity contribution in [2.75, 3.05) is 21.3 Å². The zero-order chi connectivity index (χ0) is 17.0. The highest BCUT2D eigenvalue weighted by molar-refractivity contribution is 7.89. The molecule has 0 atom stereocenters. The van der Waals surface area contributed by atoms with Gasteiger partial charge in [0.1, 0.15) is 10.6 Å². The number of halogens is 1. The van der Waals surface area contributed by atoms with Gasteiger partial charge in [-0.1, -0.05) is 18.2 Å². The molecule has 0 amide bonds. The Morgan fingerprint density at radius 3 is 2.30 bits per heavy atom. The van der Waals surface area contributed by atoms with Gasteiger partial charge in [0, 0.05) is 13.6 Å². The summed E-state index contributed by atoms with van der Waals surface area (Å²) in [6, 6.07) is 10.7. The molecule has 0 heterocycles. The van der Waals surface area contributed by atoms with Crippen LogP contribution in [-0.2, 0) is 16.6 Å². The van der Waals surface area contributed by atoms with Gasteiger partial charge in [-0.3, -0.25) is 0 Å². The summed E-state index contributed by atoms with van der Waals surface area (Å²) in [6.45, 7) is 0.0291. The quantitative estimate of drug-likeness (QED) is 0.812. The van der Waals surface area contributed by atoms with Crippen molar-refractivity contribution in [3.05, 3.63) is 53.8 Å². The van der Waals surface area contributed by atoms with E-state index in [0.717, 1.165) is 4.31 Å². The first kappa shape index (κ1) is 17.2. The van der Waals surface area contributed by atoms with E-state index in [4.69, 9.17) is 9.47 Å². The molecule has 0 saturated heterocycles. The zero-order valence-corrected chi connectivity index (χ0v) is 13.9. The molecule has 0 bridgehead atoms. The second kappa shape index (κ2) is 6.97. The van der Waals surface area contributed by atoms with Gasteiger partial charge in [0.15, 0.2) is 11.6 Å². The fraction of sp³-hybridized carbons (Fsp3) is 0.250. The Balaban J connectivity index is 2.29. The maximum Gasteiger partial charge on any atom is 0.246 e. The Hall–Kier alpha value is -2.12. The Bertz CT molecular complexity index is 792. The Labute approximate surface area is 135 Å². The molecule has 0 saturated carbocycles. The van der Waals surface area contributed by atoms with Gasteiger partial charge in [0.25, 0.3) is 0 Å². The number of rotatable bonds is 6. The molecular formula is C16H18FNO4S. The van der Waals surface area contributed by atoms with Crippen LogP contribution in [0, 0.1) is 5.82 Å². The van der Waals surface area contributed by atoms with Gasteiger partial charge < -0.3 is 9.47 Å². The summed E-state index contributed by atoms with van der Waals surface area (Å²) in [5, 5.41) is 0. The highest BCUT2D eigenvalue weighted by Gasteiger charge is 2.24. The molecule has 0 aromatic heterocycles. The Morgan fingerprint density at radius 1 is 1.04 bits per heavy atom. The Kier molecular flexibility index (Phi) is 5.23. The molecule has 2 aromatic carbocycles. The summed E-state index contributed by atoms with van der Waals surface area (Å²) in [6.07, 6.45) is 0. The predicted octanol–water partition coefficient (Wildman–Crippen LogP) is 2.66. The standard InChI is InChI=1S/C16H18FNO4S/c1-18(11-12-8-9-14(21-2)13(17)10-12)23(19,20)16-7-5-4-6-15(16)22-3/h4-10H,11H2,1-3H3. The van der Waals surface area contributed by atoms with E-state index in [0.29, 0.717) is 5.56 Å². The number of ether oxygens (including phenoxy) is 2. The van der Waals surface area contributed by atoms with Crippen molar-refractivity contribution in [3.8, 4) is 11.5 Å². The number of para-hydroxylation sites is 1. The minimum absolute atomic E-state index is 0.0291. The maximum absolute atomic E-state index is 13.7. The number of hydrogen-bond acceptors (Lipinski definition) is 4. The van der Waals surface area contributed by atoms with Crippen LogP contribution < -0.4 is 9.47 Å². The third-order valence-electron chi connectivity index (χ3n) is 3.38. The molecule has 0 aliphatic carbocycles.